The van der Waals surface area contributed by atoms with Crippen LogP contribution in [-0.4, -0.2) is 33.5 Å². The number of carbonyl (C=O) groups excluding carboxylic acids is 2. The molecule has 10 atom stereocenters. The van der Waals surface area contributed by atoms with E-state index in [-0.39, 0.29) is 35.4 Å². The Hall–Kier alpha value is -1.00. The van der Waals surface area contributed by atoms with Crippen LogP contribution in [0.2, 0.25) is 0 Å². The highest BCUT2D eigenvalue weighted by Crippen LogP contribution is 2.67. The quantitative estimate of drug-likeness (QED) is 0.578. The Morgan fingerprint density at radius 2 is 1.75 bits per heavy atom. The molecule has 0 bridgehead atoms. The highest BCUT2D eigenvalue weighted by atomic mass is 16.3. The number of carbonyl (C=O) groups is 2. The van der Waals surface area contributed by atoms with Gasteiger partial charge in [0.2, 0.25) is 0 Å². The van der Waals surface area contributed by atoms with Crippen molar-refractivity contribution in [1.82, 2.24) is 0 Å². The molecule has 0 heterocycles. The number of hydrogen-bond donors (Lipinski definition) is 2. The van der Waals surface area contributed by atoms with Crippen molar-refractivity contribution < 1.29 is 19.8 Å². The SMILES string of the molecule is C=C(C)[C@@H](C)CC[C@@H](C)[C@H]1CCC2C3CC(=O)C4(O)C[C@@H](O)CCC4(C)C3CC(=O)C21C. The molecule has 0 aliphatic heterocycles. The predicted molar refractivity (Wildman–Crippen MR) is 126 cm³/mol. The van der Waals surface area contributed by atoms with Crippen LogP contribution in [0.1, 0.15) is 92.4 Å². The zero-order valence-corrected chi connectivity index (χ0v) is 20.8. The molecule has 0 spiro atoms. The molecule has 4 fully saturated rings. The molecule has 0 amide bonds. The van der Waals surface area contributed by atoms with Crippen LogP contribution in [0.15, 0.2) is 12.2 Å². The van der Waals surface area contributed by atoms with Gasteiger partial charge in [-0.05, 0) is 81.0 Å². The van der Waals surface area contributed by atoms with E-state index in [1.165, 1.54) is 5.57 Å². The number of ketones is 2. The first kappa shape index (κ1) is 24.1. The molecule has 4 nitrogen and oxygen atoms in total. The second-order valence-electron chi connectivity index (χ2n) is 12.6. The normalized spacial score (nSPS) is 47.9. The number of hydrogen-bond acceptors (Lipinski definition) is 4. The molecule has 0 aromatic heterocycles. The van der Waals surface area contributed by atoms with E-state index >= 15 is 0 Å². The first-order chi connectivity index (χ1) is 14.9. The number of aliphatic hydroxyl groups is 2. The summed E-state index contributed by atoms with van der Waals surface area (Å²) in [5.41, 5.74) is -1.22. The summed E-state index contributed by atoms with van der Waals surface area (Å²) in [4.78, 5) is 27.2. The molecule has 4 aliphatic rings. The molecule has 0 radical (unpaired) electrons. The fourth-order valence-corrected chi connectivity index (χ4v) is 8.63. The Bertz CT molecular complexity index is 803. The van der Waals surface area contributed by atoms with Crippen LogP contribution in [0.4, 0.5) is 0 Å². The largest absolute Gasteiger partial charge is 0.393 e. The second-order valence-corrected chi connectivity index (χ2v) is 12.6. The average molecular weight is 445 g/mol. The van der Waals surface area contributed by atoms with Gasteiger partial charge in [0, 0.05) is 30.1 Å². The topological polar surface area (TPSA) is 74.6 Å². The summed E-state index contributed by atoms with van der Waals surface area (Å²) < 4.78 is 0. The Morgan fingerprint density at radius 3 is 2.41 bits per heavy atom. The van der Waals surface area contributed by atoms with Crippen LogP contribution in [0.25, 0.3) is 0 Å². The maximum atomic E-state index is 13.9. The van der Waals surface area contributed by atoms with Crippen molar-refractivity contribution in [2.24, 2.45) is 46.3 Å². The van der Waals surface area contributed by atoms with E-state index < -0.39 is 17.1 Å². The Balaban J connectivity index is 1.59. The minimum absolute atomic E-state index is 0.0424. The molecule has 4 aliphatic carbocycles. The average Bonchev–Trinajstić information content (AvgIpc) is 3.08. The lowest BCUT2D eigenvalue weighted by atomic mass is 9.42. The highest BCUT2D eigenvalue weighted by Gasteiger charge is 2.69. The van der Waals surface area contributed by atoms with Crippen LogP contribution < -0.4 is 0 Å². The number of Topliss-reactive ketones (excluding diaryl/α,β-unsaturated/α-hetero) is 2. The van der Waals surface area contributed by atoms with Gasteiger partial charge in [-0.25, -0.2) is 0 Å². The number of fused-ring (bicyclic) bond motifs is 5. The predicted octanol–water partition coefficient (Wildman–Crippen LogP) is 5.11. The summed E-state index contributed by atoms with van der Waals surface area (Å²) in [6.07, 6.45) is 5.86. The van der Waals surface area contributed by atoms with Crippen LogP contribution in [-0.2, 0) is 9.59 Å². The van der Waals surface area contributed by atoms with E-state index in [0.29, 0.717) is 49.2 Å². The summed E-state index contributed by atoms with van der Waals surface area (Å²) in [7, 11) is 0. The lowest BCUT2D eigenvalue weighted by Crippen LogP contribution is -2.68. The van der Waals surface area contributed by atoms with E-state index in [9.17, 15) is 19.8 Å². The van der Waals surface area contributed by atoms with Crippen molar-refractivity contribution in [2.45, 2.75) is 104 Å². The van der Waals surface area contributed by atoms with Gasteiger partial charge in [-0.1, -0.05) is 39.8 Å². The summed E-state index contributed by atoms with van der Waals surface area (Å²) in [6.45, 7) is 15.0. The monoisotopic (exact) mass is 444 g/mol. The maximum Gasteiger partial charge on any atom is 0.165 e. The number of allylic oxidation sites excluding steroid dienone is 1. The van der Waals surface area contributed by atoms with Crippen molar-refractivity contribution in [2.75, 3.05) is 0 Å². The van der Waals surface area contributed by atoms with Crippen LogP contribution in [0, 0.1) is 46.3 Å². The van der Waals surface area contributed by atoms with Gasteiger partial charge in [0.25, 0.3) is 0 Å². The van der Waals surface area contributed by atoms with Crippen molar-refractivity contribution in [3.05, 3.63) is 12.2 Å². The smallest absolute Gasteiger partial charge is 0.165 e. The second kappa shape index (κ2) is 8.05. The van der Waals surface area contributed by atoms with Crippen molar-refractivity contribution in [1.29, 1.82) is 0 Å². The van der Waals surface area contributed by atoms with E-state index in [1.54, 1.807) is 0 Å². The van der Waals surface area contributed by atoms with Crippen molar-refractivity contribution in [3.8, 4) is 0 Å². The summed E-state index contributed by atoms with van der Waals surface area (Å²) in [5, 5.41) is 21.7. The fraction of sp³-hybridized carbons (Fsp3) is 0.857. The molecule has 6 unspecified atom stereocenters. The first-order valence-electron chi connectivity index (χ1n) is 13.0. The van der Waals surface area contributed by atoms with Crippen LogP contribution in [0.3, 0.4) is 0 Å². The maximum absolute atomic E-state index is 13.9. The molecule has 4 heteroatoms. The highest BCUT2D eigenvalue weighted by molar-refractivity contribution is 5.92. The standard InChI is InChI=1S/C28H44O4/c1-16(2)17(3)7-8-18(4)21-9-10-22-20-13-25(31)28(32)15-19(29)11-12-26(28,5)23(20)14-24(30)27(21,22)6/h17-23,29,32H,1,7-15H2,2-6H3/t17-,18+,19-,20?,21+,22?,23?,26?,27?,28?/m0/s1. The van der Waals surface area contributed by atoms with E-state index in [0.717, 1.165) is 25.7 Å². The van der Waals surface area contributed by atoms with Gasteiger partial charge in [-0.3, -0.25) is 9.59 Å². The summed E-state index contributed by atoms with van der Waals surface area (Å²) >= 11 is 0. The van der Waals surface area contributed by atoms with E-state index in [4.69, 9.17) is 0 Å². The van der Waals surface area contributed by atoms with Gasteiger partial charge >= 0.3 is 0 Å². The Morgan fingerprint density at radius 1 is 1.06 bits per heavy atom. The van der Waals surface area contributed by atoms with Crippen LogP contribution in [0.5, 0.6) is 0 Å². The van der Waals surface area contributed by atoms with Crippen molar-refractivity contribution >= 4 is 11.6 Å². The minimum Gasteiger partial charge on any atom is -0.393 e. The molecule has 0 aromatic rings. The molecule has 0 aromatic carbocycles. The van der Waals surface area contributed by atoms with Gasteiger partial charge in [0.1, 0.15) is 11.4 Å². The fourth-order valence-electron chi connectivity index (χ4n) is 8.63. The molecule has 32 heavy (non-hydrogen) atoms. The minimum atomic E-state index is -1.48. The lowest BCUT2D eigenvalue weighted by molar-refractivity contribution is -0.212. The molecule has 0 saturated heterocycles. The lowest BCUT2D eigenvalue weighted by Gasteiger charge is -2.62. The third kappa shape index (κ3) is 3.30. The molecule has 180 valence electrons. The Labute approximate surface area is 194 Å². The van der Waals surface area contributed by atoms with Gasteiger partial charge in [-0.15, -0.1) is 0 Å². The molecular weight excluding hydrogens is 400 g/mol. The van der Waals surface area contributed by atoms with E-state index in [1.807, 2.05) is 6.92 Å². The zero-order valence-electron chi connectivity index (χ0n) is 20.8. The summed E-state index contributed by atoms with van der Waals surface area (Å²) in [5.74, 6) is 2.07. The van der Waals surface area contributed by atoms with Gasteiger partial charge in [0.05, 0.1) is 6.10 Å². The van der Waals surface area contributed by atoms with Crippen molar-refractivity contribution in [3.63, 3.8) is 0 Å². The number of aliphatic hydroxyl groups excluding tert-OH is 1. The van der Waals surface area contributed by atoms with Gasteiger partial charge < -0.3 is 10.2 Å². The van der Waals surface area contributed by atoms with Crippen LogP contribution >= 0.6 is 0 Å². The summed E-state index contributed by atoms with van der Waals surface area (Å²) in [6, 6.07) is 0. The first-order valence-corrected chi connectivity index (χ1v) is 13.0. The Kier molecular flexibility index (Phi) is 6.07. The molecule has 4 rings (SSSR count). The third-order valence-electron chi connectivity index (χ3n) is 11.1. The molecular formula is C28H44O4. The van der Waals surface area contributed by atoms with Gasteiger partial charge in [0.15, 0.2) is 5.78 Å². The zero-order chi connectivity index (χ0) is 23.6. The molecule has 4 saturated carbocycles. The van der Waals surface area contributed by atoms with Gasteiger partial charge in [-0.2, -0.15) is 0 Å². The third-order valence-corrected chi connectivity index (χ3v) is 11.1. The van der Waals surface area contributed by atoms with E-state index in [2.05, 4.69) is 34.3 Å². The molecule has 2 N–H and O–H groups in total. The number of rotatable bonds is 5.